The fourth-order valence-corrected chi connectivity index (χ4v) is 3.53. The van der Waals surface area contributed by atoms with Crippen LogP contribution in [0.1, 0.15) is 42.5 Å². The average molecular weight is 318 g/mol. The van der Waals surface area contributed by atoms with Crippen LogP contribution in [0.2, 0.25) is 0 Å². The van der Waals surface area contributed by atoms with E-state index in [0.717, 1.165) is 0 Å². The van der Waals surface area contributed by atoms with Crippen LogP contribution < -0.4 is 4.72 Å². The van der Waals surface area contributed by atoms with Crippen molar-refractivity contribution in [3.8, 4) is 0 Å². The lowest BCUT2D eigenvalue weighted by Gasteiger charge is -2.18. The molecule has 0 aliphatic heterocycles. The maximum Gasteiger partial charge on any atom is 0.355 e. The van der Waals surface area contributed by atoms with Crippen LogP contribution in [0.4, 0.5) is 0 Å². The zero-order valence-corrected chi connectivity index (χ0v) is 13.7. The van der Waals surface area contributed by atoms with E-state index >= 15 is 0 Å². The van der Waals surface area contributed by atoms with Gasteiger partial charge in [0.05, 0.1) is 12.2 Å². The molecule has 0 aliphatic rings. The molecule has 1 aromatic heterocycles. The lowest BCUT2D eigenvalue weighted by atomic mass is 10.1. The Bertz CT molecular complexity index is 626. The summed E-state index contributed by atoms with van der Waals surface area (Å²) < 4.78 is 31.8. The molecule has 0 aromatic carbocycles. The first-order chi connectivity index (χ1) is 9.49. The van der Waals surface area contributed by atoms with Crippen molar-refractivity contribution in [2.24, 2.45) is 0 Å². The SMILES string of the molecule is CCOC(=O)c1[nH]c(C)c(S(=O)(=O)NCC(C)(C)O)c1C. The van der Waals surface area contributed by atoms with Crippen LogP contribution in [0.15, 0.2) is 4.90 Å². The fraction of sp³-hybridized carbons (Fsp3) is 0.615. The molecule has 0 spiro atoms. The molecule has 0 fully saturated rings. The Kier molecular flexibility index (Phi) is 5.19. The number of aryl methyl sites for hydroxylation is 1. The highest BCUT2D eigenvalue weighted by atomic mass is 32.2. The molecule has 8 heteroatoms. The molecule has 1 aromatic rings. The molecule has 0 amide bonds. The van der Waals surface area contributed by atoms with Gasteiger partial charge < -0.3 is 14.8 Å². The van der Waals surface area contributed by atoms with Crippen LogP contribution in [0, 0.1) is 13.8 Å². The highest BCUT2D eigenvalue weighted by molar-refractivity contribution is 7.89. The van der Waals surface area contributed by atoms with Gasteiger partial charge in [-0.15, -0.1) is 0 Å². The van der Waals surface area contributed by atoms with Gasteiger partial charge in [-0.1, -0.05) is 0 Å². The minimum atomic E-state index is -3.83. The van der Waals surface area contributed by atoms with E-state index in [1.807, 2.05) is 0 Å². The topological polar surface area (TPSA) is 108 Å². The largest absolute Gasteiger partial charge is 0.461 e. The fourth-order valence-electron chi connectivity index (χ4n) is 1.89. The van der Waals surface area contributed by atoms with E-state index in [-0.39, 0.29) is 23.7 Å². The first-order valence-electron chi connectivity index (χ1n) is 6.58. The Labute approximate surface area is 124 Å². The lowest BCUT2D eigenvalue weighted by Crippen LogP contribution is -2.38. The molecule has 0 aliphatic carbocycles. The third kappa shape index (κ3) is 4.29. The standard InChI is InChI=1S/C13H22N2O5S/c1-6-20-12(16)10-8(2)11(9(3)15-10)21(18,19)14-7-13(4,5)17/h14-15,17H,6-7H2,1-5H3. The molecule has 3 N–H and O–H groups in total. The number of carbonyl (C=O) groups is 1. The third-order valence-corrected chi connectivity index (χ3v) is 4.49. The summed E-state index contributed by atoms with van der Waals surface area (Å²) in [6.07, 6.45) is 0. The molecule has 1 heterocycles. The molecule has 1 rings (SSSR count). The zero-order valence-electron chi connectivity index (χ0n) is 12.9. The Hall–Kier alpha value is -1.38. The number of nitrogens with one attached hydrogen (secondary N) is 2. The van der Waals surface area contributed by atoms with Crippen molar-refractivity contribution in [2.45, 2.75) is 45.1 Å². The van der Waals surface area contributed by atoms with Gasteiger partial charge in [0, 0.05) is 17.8 Å². The maximum atomic E-state index is 12.3. The molecule has 0 radical (unpaired) electrons. The number of esters is 1. The van der Waals surface area contributed by atoms with Crippen molar-refractivity contribution < 1.29 is 23.1 Å². The molecule has 7 nitrogen and oxygen atoms in total. The van der Waals surface area contributed by atoms with E-state index in [1.54, 1.807) is 13.8 Å². The summed E-state index contributed by atoms with van der Waals surface area (Å²) in [6, 6.07) is 0. The number of hydrogen-bond donors (Lipinski definition) is 3. The number of aliphatic hydroxyl groups is 1. The Morgan fingerprint density at radius 2 is 1.95 bits per heavy atom. The summed E-state index contributed by atoms with van der Waals surface area (Å²) in [5.41, 5.74) is -0.402. The van der Waals surface area contributed by atoms with Gasteiger partial charge in [0.15, 0.2) is 0 Å². The molecular weight excluding hydrogens is 296 g/mol. The number of H-pyrrole nitrogens is 1. The highest BCUT2D eigenvalue weighted by Gasteiger charge is 2.28. The second-order valence-electron chi connectivity index (χ2n) is 5.44. The van der Waals surface area contributed by atoms with Crippen LogP contribution in [-0.4, -0.2) is 43.2 Å². The Balaban J connectivity index is 3.16. The van der Waals surface area contributed by atoms with Crippen LogP contribution in [0.25, 0.3) is 0 Å². The number of aromatic nitrogens is 1. The van der Waals surface area contributed by atoms with E-state index in [4.69, 9.17) is 4.74 Å². The molecule has 0 saturated heterocycles. The molecule has 120 valence electrons. The molecular formula is C13H22N2O5S. The molecule has 21 heavy (non-hydrogen) atoms. The van der Waals surface area contributed by atoms with Gasteiger partial charge in [0.25, 0.3) is 0 Å². The van der Waals surface area contributed by atoms with Gasteiger partial charge in [-0.3, -0.25) is 0 Å². The van der Waals surface area contributed by atoms with E-state index < -0.39 is 21.6 Å². The van der Waals surface area contributed by atoms with E-state index in [0.29, 0.717) is 11.3 Å². The minimum absolute atomic E-state index is 0.00908. The number of carbonyl (C=O) groups excluding carboxylic acids is 1. The smallest absolute Gasteiger partial charge is 0.355 e. The van der Waals surface area contributed by atoms with Gasteiger partial charge in [-0.05, 0) is 34.6 Å². The predicted octanol–water partition coefficient (Wildman–Crippen LogP) is 0.857. The Morgan fingerprint density at radius 3 is 2.43 bits per heavy atom. The predicted molar refractivity (Wildman–Crippen MR) is 77.7 cm³/mol. The summed E-state index contributed by atoms with van der Waals surface area (Å²) in [7, 11) is -3.83. The van der Waals surface area contributed by atoms with Crippen LogP contribution in [0.5, 0.6) is 0 Å². The van der Waals surface area contributed by atoms with Crippen LogP contribution in [0.3, 0.4) is 0 Å². The van der Waals surface area contributed by atoms with Gasteiger partial charge >= 0.3 is 5.97 Å². The number of rotatable bonds is 6. The van der Waals surface area contributed by atoms with E-state index in [9.17, 15) is 18.3 Å². The van der Waals surface area contributed by atoms with Crippen molar-refractivity contribution in [1.82, 2.24) is 9.71 Å². The third-order valence-electron chi connectivity index (χ3n) is 2.81. The normalized spacial score (nSPS) is 12.5. The summed E-state index contributed by atoms with van der Waals surface area (Å²) in [5.74, 6) is -0.595. The quantitative estimate of drug-likeness (QED) is 0.674. The minimum Gasteiger partial charge on any atom is -0.461 e. The summed E-state index contributed by atoms with van der Waals surface area (Å²) >= 11 is 0. The maximum absolute atomic E-state index is 12.3. The first-order valence-corrected chi connectivity index (χ1v) is 8.06. The second-order valence-corrected chi connectivity index (χ2v) is 7.14. The molecule has 0 unspecified atom stereocenters. The monoisotopic (exact) mass is 318 g/mol. The highest BCUT2D eigenvalue weighted by Crippen LogP contribution is 2.23. The first kappa shape index (κ1) is 17.7. The Morgan fingerprint density at radius 1 is 1.38 bits per heavy atom. The summed E-state index contributed by atoms with van der Waals surface area (Å²) in [6.45, 7) is 7.84. The molecule has 0 atom stereocenters. The molecule has 0 saturated carbocycles. The average Bonchev–Trinajstić information content (AvgIpc) is 2.62. The number of ether oxygens (including phenoxy) is 1. The van der Waals surface area contributed by atoms with Gasteiger partial charge in [0.2, 0.25) is 10.0 Å². The summed E-state index contributed by atoms with van der Waals surface area (Å²) in [5, 5.41) is 9.62. The van der Waals surface area contributed by atoms with Crippen LogP contribution >= 0.6 is 0 Å². The van der Waals surface area contributed by atoms with E-state index in [1.165, 1.54) is 20.8 Å². The van der Waals surface area contributed by atoms with Gasteiger partial charge in [-0.25, -0.2) is 17.9 Å². The lowest BCUT2D eigenvalue weighted by molar-refractivity contribution is 0.0519. The van der Waals surface area contributed by atoms with Crippen molar-refractivity contribution in [3.63, 3.8) is 0 Å². The van der Waals surface area contributed by atoms with Gasteiger partial charge in [-0.2, -0.15) is 0 Å². The van der Waals surface area contributed by atoms with Crippen LogP contribution in [-0.2, 0) is 14.8 Å². The van der Waals surface area contributed by atoms with Crippen molar-refractivity contribution >= 4 is 16.0 Å². The zero-order chi connectivity index (χ0) is 16.4. The number of sulfonamides is 1. The van der Waals surface area contributed by atoms with Crippen molar-refractivity contribution in [2.75, 3.05) is 13.2 Å². The number of aromatic amines is 1. The summed E-state index contributed by atoms with van der Waals surface area (Å²) in [4.78, 5) is 14.5. The van der Waals surface area contributed by atoms with E-state index in [2.05, 4.69) is 9.71 Å². The van der Waals surface area contributed by atoms with Crippen molar-refractivity contribution in [3.05, 3.63) is 17.0 Å². The van der Waals surface area contributed by atoms with Crippen molar-refractivity contribution in [1.29, 1.82) is 0 Å². The second kappa shape index (κ2) is 6.17. The number of hydrogen-bond acceptors (Lipinski definition) is 5. The molecule has 0 bridgehead atoms. The van der Waals surface area contributed by atoms with Gasteiger partial charge in [0.1, 0.15) is 10.6 Å².